The van der Waals surface area contributed by atoms with Gasteiger partial charge >= 0.3 is 5.97 Å². The summed E-state index contributed by atoms with van der Waals surface area (Å²) in [6.07, 6.45) is 4.11. The predicted molar refractivity (Wildman–Crippen MR) is 65.4 cm³/mol. The van der Waals surface area contributed by atoms with Gasteiger partial charge in [-0.3, -0.25) is 0 Å². The van der Waals surface area contributed by atoms with Gasteiger partial charge in [0.05, 0.1) is 7.11 Å². The highest BCUT2D eigenvalue weighted by Crippen LogP contribution is 2.14. The van der Waals surface area contributed by atoms with E-state index in [-0.39, 0.29) is 5.97 Å². The minimum absolute atomic E-state index is 0.350. The normalized spacial score (nSPS) is 10.4. The first kappa shape index (κ1) is 12.3. The molecule has 0 aliphatic rings. The summed E-state index contributed by atoms with van der Waals surface area (Å²) >= 11 is 0. The van der Waals surface area contributed by atoms with Crippen LogP contribution in [0.1, 0.15) is 12.5 Å². The quantitative estimate of drug-likeness (QED) is 0.575. The number of nitrogens with zero attached hydrogens (tertiary/aromatic N) is 1. The van der Waals surface area contributed by atoms with E-state index in [2.05, 4.69) is 23.8 Å². The maximum Gasteiger partial charge on any atom is 0.331 e. The average Bonchev–Trinajstić information content (AvgIpc) is 2.35. The first-order chi connectivity index (χ1) is 7.67. The standard InChI is InChI=1S/C13H17NO2/c1-4-11-5-7-12(8-6-11)14(2)10-9-13(15)16-3/h5-10H,4H2,1-3H3. The van der Waals surface area contributed by atoms with E-state index in [4.69, 9.17) is 0 Å². The van der Waals surface area contributed by atoms with Crippen LogP contribution in [0.3, 0.4) is 0 Å². The van der Waals surface area contributed by atoms with Crippen molar-refractivity contribution in [1.82, 2.24) is 0 Å². The fraction of sp³-hybridized carbons (Fsp3) is 0.308. The fourth-order valence-corrected chi connectivity index (χ4v) is 1.29. The van der Waals surface area contributed by atoms with Crippen LogP contribution in [-0.2, 0) is 16.0 Å². The van der Waals surface area contributed by atoms with E-state index in [9.17, 15) is 4.79 Å². The zero-order valence-corrected chi connectivity index (χ0v) is 9.93. The van der Waals surface area contributed by atoms with Gasteiger partial charge in [0.15, 0.2) is 0 Å². The van der Waals surface area contributed by atoms with Crippen molar-refractivity contribution < 1.29 is 9.53 Å². The van der Waals surface area contributed by atoms with E-state index in [0.29, 0.717) is 0 Å². The smallest absolute Gasteiger partial charge is 0.331 e. The number of carbonyl (C=O) groups excluding carboxylic acids is 1. The Morgan fingerprint density at radius 1 is 1.38 bits per heavy atom. The lowest BCUT2D eigenvalue weighted by atomic mass is 10.1. The van der Waals surface area contributed by atoms with Crippen molar-refractivity contribution in [2.45, 2.75) is 13.3 Å². The number of anilines is 1. The second-order valence-corrected chi connectivity index (χ2v) is 3.47. The molecule has 0 saturated carbocycles. The second kappa shape index (κ2) is 5.95. The van der Waals surface area contributed by atoms with E-state index in [0.717, 1.165) is 12.1 Å². The van der Waals surface area contributed by atoms with Gasteiger partial charge in [0.25, 0.3) is 0 Å². The molecule has 0 aromatic heterocycles. The van der Waals surface area contributed by atoms with Gasteiger partial charge in [0, 0.05) is 25.0 Å². The molecule has 0 amide bonds. The first-order valence-electron chi connectivity index (χ1n) is 5.25. The molecule has 0 radical (unpaired) electrons. The van der Waals surface area contributed by atoms with Crippen LogP contribution in [0.25, 0.3) is 0 Å². The molecule has 0 fully saturated rings. The fourth-order valence-electron chi connectivity index (χ4n) is 1.29. The maximum atomic E-state index is 10.9. The molecule has 1 rings (SSSR count). The summed E-state index contributed by atoms with van der Waals surface area (Å²) in [5, 5.41) is 0. The Morgan fingerprint density at radius 3 is 2.50 bits per heavy atom. The lowest BCUT2D eigenvalue weighted by Crippen LogP contribution is -2.09. The molecule has 0 aliphatic carbocycles. The van der Waals surface area contributed by atoms with Crippen LogP contribution in [0, 0.1) is 0 Å². The third-order valence-electron chi connectivity index (χ3n) is 2.39. The summed E-state index contributed by atoms with van der Waals surface area (Å²) in [4.78, 5) is 12.8. The summed E-state index contributed by atoms with van der Waals surface area (Å²) in [5.74, 6) is -0.350. The minimum atomic E-state index is -0.350. The van der Waals surface area contributed by atoms with Crippen LogP contribution in [0.5, 0.6) is 0 Å². The third kappa shape index (κ3) is 3.42. The molecule has 3 heteroatoms. The van der Waals surface area contributed by atoms with Gasteiger partial charge in [-0.1, -0.05) is 19.1 Å². The number of methoxy groups -OCH3 is 1. The SMILES string of the molecule is CCc1ccc(N(C)C=CC(=O)OC)cc1. The molecule has 0 spiro atoms. The number of hydrogen-bond donors (Lipinski definition) is 0. The molecule has 0 saturated heterocycles. The lowest BCUT2D eigenvalue weighted by Gasteiger charge is -2.14. The maximum absolute atomic E-state index is 10.9. The topological polar surface area (TPSA) is 29.5 Å². The Balaban J connectivity index is 2.69. The van der Waals surface area contributed by atoms with E-state index in [1.165, 1.54) is 18.7 Å². The number of hydrogen-bond acceptors (Lipinski definition) is 3. The molecule has 16 heavy (non-hydrogen) atoms. The highest BCUT2D eigenvalue weighted by molar-refractivity contribution is 5.82. The van der Waals surface area contributed by atoms with E-state index in [1.807, 2.05) is 24.1 Å². The number of carbonyl (C=O) groups is 1. The molecule has 0 aliphatic heterocycles. The molecule has 0 unspecified atom stereocenters. The molecule has 86 valence electrons. The first-order valence-corrected chi connectivity index (χ1v) is 5.25. The van der Waals surface area contributed by atoms with Crippen LogP contribution in [-0.4, -0.2) is 20.1 Å². The second-order valence-electron chi connectivity index (χ2n) is 3.47. The van der Waals surface area contributed by atoms with Gasteiger partial charge in [-0.2, -0.15) is 0 Å². The van der Waals surface area contributed by atoms with Gasteiger partial charge in [0.1, 0.15) is 0 Å². The molecule has 0 bridgehead atoms. The van der Waals surface area contributed by atoms with Crippen molar-refractivity contribution in [1.29, 1.82) is 0 Å². The molecular formula is C13H17NO2. The van der Waals surface area contributed by atoms with Crippen LogP contribution in [0.15, 0.2) is 36.5 Å². The Bertz CT molecular complexity index is 368. The summed E-state index contributed by atoms with van der Waals surface area (Å²) in [6, 6.07) is 8.22. The zero-order chi connectivity index (χ0) is 12.0. The van der Waals surface area contributed by atoms with Gasteiger partial charge in [-0.05, 0) is 24.1 Å². The molecule has 3 nitrogen and oxygen atoms in total. The van der Waals surface area contributed by atoms with Gasteiger partial charge in [0.2, 0.25) is 0 Å². The third-order valence-corrected chi connectivity index (χ3v) is 2.39. The van der Waals surface area contributed by atoms with Crippen molar-refractivity contribution in [2.24, 2.45) is 0 Å². The summed E-state index contributed by atoms with van der Waals surface area (Å²) < 4.78 is 4.52. The Labute approximate surface area is 96.3 Å². The number of aryl methyl sites for hydroxylation is 1. The monoisotopic (exact) mass is 219 g/mol. The summed E-state index contributed by atoms with van der Waals surface area (Å²) in [6.45, 7) is 2.12. The van der Waals surface area contributed by atoms with E-state index < -0.39 is 0 Å². The average molecular weight is 219 g/mol. The van der Waals surface area contributed by atoms with E-state index >= 15 is 0 Å². The Kier molecular flexibility index (Phi) is 4.58. The number of esters is 1. The van der Waals surface area contributed by atoms with E-state index in [1.54, 1.807) is 6.20 Å². The molecule has 1 aromatic carbocycles. The number of benzene rings is 1. The van der Waals surface area contributed by atoms with Crippen molar-refractivity contribution in [3.63, 3.8) is 0 Å². The van der Waals surface area contributed by atoms with Crippen molar-refractivity contribution in [3.05, 3.63) is 42.1 Å². The zero-order valence-electron chi connectivity index (χ0n) is 9.93. The predicted octanol–water partition coefficient (Wildman–Crippen LogP) is 2.37. The number of rotatable bonds is 4. The molecule has 1 aromatic rings. The lowest BCUT2D eigenvalue weighted by molar-refractivity contribution is -0.134. The van der Waals surface area contributed by atoms with Crippen LogP contribution < -0.4 is 4.90 Å². The summed E-state index contributed by atoms with van der Waals surface area (Å²) in [5.41, 5.74) is 2.34. The highest BCUT2D eigenvalue weighted by Gasteiger charge is 1.98. The van der Waals surface area contributed by atoms with Crippen molar-refractivity contribution >= 4 is 11.7 Å². The molecular weight excluding hydrogens is 202 g/mol. The van der Waals surface area contributed by atoms with Crippen molar-refractivity contribution in [2.75, 3.05) is 19.1 Å². The van der Waals surface area contributed by atoms with Crippen LogP contribution in [0.2, 0.25) is 0 Å². The highest BCUT2D eigenvalue weighted by atomic mass is 16.5. The van der Waals surface area contributed by atoms with Crippen LogP contribution >= 0.6 is 0 Å². The molecule has 0 heterocycles. The summed E-state index contributed by atoms with van der Waals surface area (Å²) in [7, 11) is 3.25. The number of ether oxygens (including phenoxy) is 1. The molecule has 0 atom stereocenters. The van der Waals surface area contributed by atoms with Crippen LogP contribution in [0.4, 0.5) is 5.69 Å². The Hall–Kier alpha value is -1.77. The Morgan fingerprint density at radius 2 is 2.00 bits per heavy atom. The molecule has 0 N–H and O–H groups in total. The van der Waals surface area contributed by atoms with Gasteiger partial charge < -0.3 is 9.64 Å². The largest absolute Gasteiger partial charge is 0.466 e. The minimum Gasteiger partial charge on any atom is -0.466 e. The van der Waals surface area contributed by atoms with Crippen molar-refractivity contribution in [3.8, 4) is 0 Å². The van der Waals surface area contributed by atoms with Gasteiger partial charge in [-0.15, -0.1) is 0 Å². The van der Waals surface area contributed by atoms with Gasteiger partial charge in [-0.25, -0.2) is 4.79 Å².